The summed E-state index contributed by atoms with van der Waals surface area (Å²) in [6, 6.07) is 7.93. The number of benzene rings is 1. The summed E-state index contributed by atoms with van der Waals surface area (Å²) >= 11 is 2.27. The Morgan fingerprint density at radius 2 is 2.04 bits per heavy atom. The summed E-state index contributed by atoms with van der Waals surface area (Å²) in [6.07, 6.45) is 1.50. The Kier molecular flexibility index (Phi) is 4.80. The number of amides is 1. The van der Waals surface area contributed by atoms with Gasteiger partial charge in [-0.05, 0) is 68.3 Å². The van der Waals surface area contributed by atoms with Gasteiger partial charge in [0, 0.05) is 15.7 Å². The van der Waals surface area contributed by atoms with Crippen molar-refractivity contribution in [1.29, 1.82) is 0 Å². The van der Waals surface area contributed by atoms with Gasteiger partial charge in [0.2, 0.25) is 0 Å². The lowest BCUT2D eigenvalue weighted by Crippen LogP contribution is -2.36. The number of nitrogens with zero attached hydrogens (tertiary/aromatic N) is 3. The molecule has 2 aromatic rings. The standard InChI is InChI=1S/C17H21IN4O2/c1-17(2,3)24-16(23)22-10-4-5-13(22)15-19-14(20-21-15)11-6-8-12(18)9-7-11/h6-9,13H,4-5,10H2,1-3H3,(H,19,20,21). The molecule has 0 bridgehead atoms. The molecule has 3 rings (SSSR count). The van der Waals surface area contributed by atoms with Crippen molar-refractivity contribution in [2.45, 2.75) is 45.3 Å². The van der Waals surface area contributed by atoms with Crippen molar-refractivity contribution >= 4 is 28.7 Å². The molecule has 0 saturated carbocycles. The van der Waals surface area contributed by atoms with Crippen LogP contribution in [0.3, 0.4) is 0 Å². The molecule has 1 unspecified atom stereocenters. The van der Waals surface area contributed by atoms with Crippen LogP contribution in [-0.4, -0.2) is 38.3 Å². The first-order valence-corrected chi connectivity index (χ1v) is 9.09. The van der Waals surface area contributed by atoms with Crippen molar-refractivity contribution in [3.05, 3.63) is 33.7 Å². The van der Waals surface area contributed by atoms with Gasteiger partial charge in [-0.3, -0.25) is 10.00 Å². The summed E-state index contributed by atoms with van der Waals surface area (Å²) in [7, 11) is 0. The van der Waals surface area contributed by atoms with Gasteiger partial charge in [-0.1, -0.05) is 12.1 Å². The first-order valence-electron chi connectivity index (χ1n) is 8.01. The number of carbonyl (C=O) groups is 1. The van der Waals surface area contributed by atoms with Gasteiger partial charge in [-0.15, -0.1) is 0 Å². The summed E-state index contributed by atoms with van der Waals surface area (Å²) in [6.45, 7) is 6.30. The van der Waals surface area contributed by atoms with E-state index in [-0.39, 0.29) is 12.1 Å². The Bertz CT molecular complexity index is 721. The van der Waals surface area contributed by atoms with Crippen LogP contribution in [0.25, 0.3) is 11.4 Å². The van der Waals surface area contributed by atoms with Crippen molar-refractivity contribution < 1.29 is 9.53 Å². The van der Waals surface area contributed by atoms with Crippen molar-refractivity contribution in [3.63, 3.8) is 0 Å². The third-order valence-electron chi connectivity index (χ3n) is 3.80. The fourth-order valence-electron chi connectivity index (χ4n) is 2.74. The second-order valence-corrected chi connectivity index (χ2v) is 8.13. The Morgan fingerprint density at radius 3 is 2.71 bits per heavy atom. The molecule has 128 valence electrons. The minimum atomic E-state index is -0.502. The molecule has 1 saturated heterocycles. The van der Waals surface area contributed by atoms with Crippen LogP contribution >= 0.6 is 22.6 Å². The maximum absolute atomic E-state index is 12.4. The van der Waals surface area contributed by atoms with E-state index >= 15 is 0 Å². The molecule has 1 aliphatic heterocycles. The van der Waals surface area contributed by atoms with E-state index in [1.807, 2.05) is 45.0 Å². The van der Waals surface area contributed by atoms with Crippen molar-refractivity contribution in [2.75, 3.05) is 6.54 Å². The number of hydrogen-bond donors (Lipinski definition) is 1. The predicted molar refractivity (Wildman–Crippen MR) is 99.5 cm³/mol. The summed E-state index contributed by atoms with van der Waals surface area (Å²) < 4.78 is 6.67. The average Bonchev–Trinajstić information content (AvgIpc) is 3.15. The van der Waals surface area contributed by atoms with E-state index in [0.29, 0.717) is 18.2 Å². The fourth-order valence-corrected chi connectivity index (χ4v) is 3.10. The van der Waals surface area contributed by atoms with E-state index in [1.54, 1.807) is 4.90 Å². The highest BCUT2D eigenvalue weighted by Crippen LogP contribution is 2.32. The van der Waals surface area contributed by atoms with Crippen molar-refractivity contribution in [1.82, 2.24) is 20.1 Å². The number of aromatic nitrogens is 3. The number of halogens is 1. The molecule has 2 heterocycles. The summed E-state index contributed by atoms with van der Waals surface area (Å²) in [5, 5.41) is 7.31. The van der Waals surface area contributed by atoms with Gasteiger partial charge in [-0.25, -0.2) is 9.78 Å². The third-order valence-corrected chi connectivity index (χ3v) is 4.52. The monoisotopic (exact) mass is 440 g/mol. The topological polar surface area (TPSA) is 71.1 Å². The third kappa shape index (κ3) is 3.88. The van der Waals surface area contributed by atoms with Crippen LogP contribution in [-0.2, 0) is 4.74 Å². The number of hydrogen-bond acceptors (Lipinski definition) is 4. The number of nitrogens with one attached hydrogen (secondary N) is 1. The lowest BCUT2D eigenvalue weighted by molar-refractivity contribution is 0.0218. The molecule has 6 nitrogen and oxygen atoms in total. The van der Waals surface area contributed by atoms with Gasteiger partial charge in [0.15, 0.2) is 5.82 Å². The Balaban J connectivity index is 1.78. The van der Waals surface area contributed by atoms with E-state index in [0.717, 1.165) is 18.4 Å². The highest BCUT2D eigenvalue weighted by atomic mass is 127. The lowest BCUT2D eigenvalue weighted by atomic mass is 10.2. The second-order valence-electron chi connectivity index (χ2n) is 6.88. The van der Waals surface area contributed by atoms with Gasteiger partial charge < -0.3 is 4.74 Å². The molecule has 1 aromatic heterocycles. The molecule has 1 N–H and O–H groups in total. The molecular weight excluding hydrogens is 419 g/mol. The largest absolute Gasteiger partial charge is 0.444 e. The molecule has 0 radical (unpaired) electrons. The van der Waals surface area contributed by atoms with Gasteiger partial charge in [0.05, 0.1) is 6.04 Å². The highest BCUT2D eigenvalue weighted by molar-refractivity contribution is 14.1. The quantitative estimate of drug-likeness (QED) is 0.713. The van der Waals surface area contributed by atoms with Crippen LogP contribution in [0.5, 0.6) is 0 Å². The van der Waals surface area contributed by atoms with E-state index in [9.17, 15) is 4.79 Å². The molecule has 1 atom stereocenters. The van der Waals surface area contributed by atoms with E-state index in [2.05, 4.69) is 37.8 Å². The van der Waals surface area contributed by atoms with Crippen LogP contribution in [0, 0.1) is 3.57 Å². The number of H-pyrrole nitrogens is 1. The van der Waals surface area contributed by atoms with Crippen molar-refractivity contribution in [3.8, 4) is 11.4 Å². The SMILES string of the molecule is CC(C)(C)OC(=O)N1CCCC1c1nc(-c2ccc(I)cc2)n[nH]1. The Hall–Kier alpha value is -1.64. The second kappa shape index (κ2) is 6.70. The first kappa shape index (κ1) is 17.2. The number of ether oxygens (including phenoxy) is 1. The molecular formula is C17H21IN4O2. The molecule has 0 spiro atoms. The van der Waals surface area contributed by atoms with Gasteiger partial charge in [0.25, 0.3) is 0 Å². The van der Waals surface area contributed by atoms with Crippen LogP contribution in [0.1, 0.15) is 45.5 Å². The summed E-state index contributed by atoms with van der Waals surface area (Å²) in [5.74, 6) is 1.37. The van der Waals surface area contributed by atoms with E-state index in [1.165, 1.54) is 3.57 Å². The van der Waals surface area contributed by atoms with Crippen LogP contribution < -0.4 is 0 Å². The summed E-state index contributed by atoms with van der Waals surface area (Å²) in [5.41, 5.74) is 0.456. The van der Waals surface area contributed by atoms with Gasteiger partial charge in [-0.2, -0.15) is 5.10 Å². The van der Waals surface area contributed by atoms with E-state index in [4.69, 9.17) is 4.74 Å². The molecule has 1 aliphatic rings. The molecule has 24 heavy (non-hydrogen) atoms. The number of aromatic amines is 1. The zero-order valence-corrected chi connectivity index (χ0v) is 16.2. The minimum Gasteiger partial charge on any atom is -0.444 e. The maximum atomic E-state index is 12.4. The maximum Gasteiger partial charge on any atom is 0.410 e. The molecule has 7 heteroatoms. The zero-order valence-electron chi connectivity index (χ0n) is 14.0. The number of likely N-dealkylation sites (tertiary alicyclic amines) is 1. The average molecular weight is 440 g/mol. The molecule has 1 aromatic carbocycles. The normalized spacial score (nSPS) is 18.0. The molecule has 0 aliphatic carbocycles. The number of carbonyl (C=O) groups excluding carboxylic acids is 1. The smallest absolute Gasteiger partial charge is 0.410 e. The van der Waals surface area contributed by atoms with Crippen LogP contribution in [0.2, 0.25) is 0 Å². The lowest BCUT2D eigenvalue weighted by Gasteiger charge is -2.27. The minimum absolute atomic E-state index is 0.107. The Labute approximate surface area is 155 Å². The molecule has 1 fully saturated rings. The van der Waals surface area contributed by atoms with Gasteiger partial charge >= 0.3 is 6.09 Å². The summed E-state index contributed by atoms with van der Waals surface area (Å²) in [4.78, 5) is 18.7. The zero-order chi connectivity index (χ0) is 17.3. The van der Waals surface area contributed by atoms with Crippen LogP contribution in [0.4, 0.5) is 4.79 Å². The highest BCUT2D eigenvalue weighted by Gasteiger charge is 2.35. The van der Waals surface area contributed by atoms with Gasteiger partial charge in [0.1, 0.15) is 11.4 Å². The molecule has 1 amide bonds. The van der Waals surface area contributed by atoms with Crippen molar-refractivity contribution in [2.24, 2.45) is 0 Å². The fraction of sp³-hybridized carbons (Fsp3) is 0.471. The first-order chi connectivity index (χ1) is 11.3. The predicted octanol–water partition coefficient (Wildman–Crippen LogP) is 4.15. The van der Waals surface area contributed by atoms with Crippen LogP contribution in [0.15, 0.2) is 24.3 Å². The Morgan fingerprint density at radius 1 is 1.33 bits per heavy atom. The number of rotatable bonds is 2. The van der Waals surface area contributed by atoms with E-state index < -0.39 is 5.60 Å².